The van der Waals surface area contributed by atoms with Crippen LogP contribution in [0.1, 0.15) is 13.8 Å². The van der Waals surface area contributed by atoms with E-state index in [2.05, 4.69) is 25.7 Å². The zero-order valence-corrected chi connectivity index (χ0v) is 10.9. The van der Waals surface area contributed by atoms with E-state index in [4.69, 9.17) is 16.3 Å². The Hall–Kier alpha value is -1.06. The van der Waals surface area contributed by atoms with Crippen molar-refractivity contribution in [3.05, 3.63) is 41.2 Å². The first kappa shape index (κ1) is 14.0. The molecule has 0 bridgehead atoms. The number of halogens is 2. The summed E-state index contributed by atoms with van der Waals surface area (Å²) < 4.78 is 18.2. The summed E-state index contributed by atoms with van der Waals surface area (Å²) in [5, 5.41) is 3.51. The van der Waals surface area contributed by atoms with Gasteiger partial charge in [-0.15, -0.1) is 0 Å². The molecule has 0 unspecified atom stereocenters. The molecule has 0 saturated heterocycles. The molecule has 0 saturated carbocycles. The fraction of sp³-hybridized carbons (Fsp3) is 0.385. The van der Waals surface area contributed by atoms with Gasteiger partial charge in [0.25, 0.3) is 0 Å². The summed E-state index contributed by atoms with van der Waals surface area (Å²) in [4.78, 5) is 0. The number of hydrogen-bond acceptors (Lipinski definition) is 2. The third kappa shape index (κ3) is 5.20. The topological polar surface area (TPSA) is 21.3 Å². The Kier molecular flexibility index (Phi) is 5.45. The van der Waals surface area contributed by atoms with Gasteiger partial charge in [0, 0.05) is 12.6 Å². The van der Waals surface area contributed by atoms with Crippen molar-refractivity contribution in [2.24, 2.45) is 0 Å². The number of hydrogen-bond donors (Lipinski definition) is 1. The van der Waals surface area contributed by atoms with Gasteiger partial charge in [0.2, 0.25) is 0 Å². The van der Waals surface area contributed by atoms with Crippen molar-refractivity contribution < 1.29 is 9.13 Å². The molecule has 2 nitrogen and oxygen atoms in total. The maximum absolute atomic E-state index is 12.8. The first-order valence-corrected chi connectivity index (χ1v) is 5.84. The molecule has 1 rings (SSSR count). The number of benzene rings is 1. The molecule has 0 atom stereocenters. The smallest absolute Gasteiger partial charge is 0.138 e. The average Bonchev–Trinajstić information content (AvgIpc) is 2.25. The summed E-state index contributed by atoms with van der Waals surface area (Å²) in [6.45, 7) is 9.06. The highest BCUT2D eigenvalue weighted by atomic mass is 35.5. The SMILES string of the molecule is C=C(CNC(C)C)COc1ccc(F)cc1Cl. The van der Waals surface area contributed by atoms with Gasteiger partial charge < -0.3 is 10.1 Å². The van der Waals surface area contributed by atoms with E-state index in [1.807, 2.05) is 0 Å². The second-order valence-corrected chi connectivity index (χ2v) is 4.56. The van der Waals surface area contributed by atoms with Crippen LogP contribution in [0.5, 0.6) is 5.75 Å². The van der Waals surface area contributed by atoms with Gasteiger partial charge in [0.05, 0.1) is 5.02 Å². The van der Waals surface area contributed by atoms with E-state index >= 15 is 0 Å². The molecule has 17 heavy (non-hydrogen) atoms. The lowest BCUT2D eigenvalue weighted by Crippen LogP contribution is -2.26. The number of rotatable bonds is 6. The molecule has 0 heterocycles. The predicted octanol–water partition coefficient (Wildman–Crippen LogP) is 3.41. The van der Waals surface area contributed by atoms with E-state index in [0.717, 1.165) is 5.57 Å². The number of ether oxygens (including phenoxy) is 1. The van der Waals surface area contributed by atoms with Crippen molar-refractivity contribution >= 4 is 11.6 Å². The first-order chi connectivity index (χ1) is 7.99. The van der Waals surface area contributed by atoms with Crippen LogP contribution in [0.3, 0.4) is 0 Å². The van der Waals surface area contributed by atoms with Gasteiger partial charge in [0.1, 0.15) is 18.2 Å². The lowest BCUT2D eigenvalue weighted by molar-refractivity contribution is 0.347. The van der Waals surface area contributed by atoms with Crippen LogP contribution < -0.4 is 10.1 Å². The Balaban J connectivity index is 2.42. The normalized spacial score (nSPS) is 10.6. The molecule has 0 fully saturated rings. The van der Waals surface area contributed by atoms with Gasteiger partial charge >= 0.3 is 0 Å². The van der Waals surface area contributed by atoms with Crippen molar-refractivity contribution in [2.75, 3.05) is 13.2 Å². The van der Waals surface area contributed by atoms with Gasteiger partial charge in [-0.2, -0.15) is 0 Å². The highest BCUT2D eigenvalue weighted by Crippen LogP contribution is 2.25. The number of nitrogens with one attached hydrogen (secondary N) is 1. The molecule has 4 heteroatoms. The van der Waals surface area contributed by atoms with E-state index in [1.54, 1.807) is 0 Å². The molecule has 1 aromatic carbocycles. The molecule has 0 radical (unpaired) electrons. The average molecular weight is 258 g/mol. The first-order valence-electron chi connectivity index (χ1n) is 5.47. The third-order valence-corrected chi connectivity index (χ3v) is 2.38. The molecule has 0 aromatic heterocycles. The zero-order valence-electron chi connectivity index (χ0n) is 10.1. The lowest BCUT2D eigenvalue weighted by atomic mass is 10.3. The minimum Gasteiger partial charge on any atom is -0.488 e. The highest BCUT2D eigenvalue weighted by Gasteiger charge is 2.04. The minimum atomic E-state index is -0.373. The fourth-order valence-corrected chi connectivity index (χ4v) is 1.39. The molecule has 1 aromatic rings. The van der Waals surface area contributed by atoms with Crippen LogP contribution in [-0.2, 0) is 0 Å². The summed E-state index contributed by atoms with van der Waals surface area (Å²) >= 11 is 5.83. The largest absolute Gasteiger partial charge is 0.488 e. The highest BCUT2D eigenvalue weighted by molar-refractivity contribution is 6.32. The molecule has 94 valence electrons. The summed E-state index contributed by atoms with van der Waals surface area (Å²) in [6.07, 6.45) is 0. The summed E-state index contributed by atoms with van der Waals surface area (Å²) in [7, 11) is 0. The predicted molar refractivity (Wildman–Crippen MR) is 69.2 cm³/mol. The van der Waals surface area contributed by atoms with Crippen molar-refractivity contribution in [1.82, 2.24) is 5.32 Å². The van der Waals surface area contributed by atoms with Crippen LogP contribution in [-0.4, -0.2) is 19.2 Å². The molecule has 0 amide bonds. The third-order valence-electron chi connectivity index (χ3n) is 2.09. The molecule has 1 N–H and O–H groups in total. The maximum Gasteiger partial charge on any atom is 0.138 e. The van der Waals surface area contributed by atoms with Gasteiger partial charge in [-0.1, -0.05) is 32.0 Å². The Morgan fingerprint density at radius 3 is 2.82 bits per heavy atom. The van der Waals surface area contributed by atoms with Gasteiger partial charge in [-0.3, -0.25) is 0 Å². The molecule has 0 aliphatic rings. The molecule has 0 spiro atoms. The summed E-state index contributed by atoms with van der Waals surface area (Å²) in [6, 6.07) is 4.46. The van der Waals surface area contributed by atoms with Crippen LogP contribution in [0.2, 0.25) is 5.02 Å². The summed E-state index contributed by atoms with van der Waals surface area (Å²) in [5.74, 6) is 0.0985. The van der Waals surface area contributed by atoms with Crippen molar-refractivity contribution in [2.45, 2.75) is 19.9 Å². The van der Waals surface area contributed by atoms with Crippen molar-refractivity contribution in [3.8, 4) is 5.75 Å². The van der Waals surface area contributed by atoms with Crippen LogP contribution >= 0.6 is 11.6 Å². The Morgan fingerprint density at radius 1 is 1.53 bits per heavy atom. The molecule has 0 aliphatic carbocycles. The van der Waals surface area contributed by atoms with Crippen molar-refractivity contribution in [3.63, 3.8) is 0 Å². The van der Waals surface area contributed by atoms with Gasteiger partial charge in [-0.25, -0.2) is 4.39 Å². The second kappa shape index (κ2) is 6.62. The zero-order chi connectivity index (χ0) is 12.8. The van der Waals surface area contributed by atoms with Crippen molar-refractivity contribution in [1.29, 1.82) is 0 Å². The molecular weight excluding hydrogens is 241 g/mol. The standard InChI is InChI=1S/C13H17ClFNO/c1-9(2)16-7-10(3)8-17-13-5-4-11(15)6-12(13)14/h4-6,9,16H,3,7-8H2,1-2H3. The van der Waals surface area contributed by atoms with Crippen LogP contribution in [0.15, 0.2) is 30.4 Å². The van der Waals surface area contributed by atoms with Gasteiger partial charge in [-0.05, 0) is 23.8 Å². The van der Waals surface area contributed by atoms with E-state index in [-0.39, 0.29) is 10.8 Å². The minimum absolute atomic E-state index is 0.273. The Labute approximate surface area is 106 Å². The Morgan fingerprint density at radius 2 is 2.24 bits per heavy atom. The van der Waals surface area contributed by atoms with Crippen LogP contribution in [0, 0.1) is 5.82 Å². The van der Waals surface area contributed by atoms with Crippen LogP contribution in [0.25, 0.3) is 0 Å². The Bertz CT molecular complexity index is 393. The van der Waals surface area contributed by atoms with E-state index in [9.17, 15) is 4.39 Å². The molecule has 0 aliphatic heterocycles. The quantitative estimate of drug-likeness (QED) is 0.789. The molecular formula is C13H17ClFNO. The fourth-order valence-electron chi connectivity index (χ4n) is 1.17. The maximum atomic E-state index is 12.8. The second-order valence-electron chi connectivity index (χ2n) is 4.15. The van der Waals surface area contributed by atoms with E-state index < -0.39 is 0 Å². The lowest BCUT2D eigenvalue weighted by Gasteiger charge is -2.12. The van der Waals surface area contributed by atoms with Crippen LogP contribution in [0.4, 0.5) is 4.39 Å². The summed E-state index contributed by atoms with van der Waals surface area (Å²) in [5.41, 5.74) is 0.916. The van der Waals surface area contributed by atoms with Gasteiger partial charge in [0.15, 0.2) is 0 Å². The van der Waals surface area contributed by atoms with E-state index in [1.165, 1.54) is 18.2 Å². The monoisotopic (exact) mass is 257 g/mol. The van der Waals surface area contributed by atoms with E-state index in [0.29, 0.717) is 24.9 Å².